The average Bonchev–Trinajstić information content (AvgIpc) is 2.94. The molecule has 2 heterocycles. The molecule has 0 saturated heterocycles. The van der Waals surface area contributed by atoms with Crippen LogP contribution in [0.15, 0.2) is 35.4 Å². The molecule has 0 amide bonds. The van der Waals surface area contributed by atoms with Crippen LogP contribution in [0.3, 0.4) is 0 Å². The van der Waals surface area contributed by atoms with Crippen LogP contribution in [-0.2, 0) is 21.1 Å². The van der Waals surface area contributed by atoms with E-state index in [1.807, 2.05) is 18.5 Å². The van der Waals surface area contributed by atoms with E-state index >= 15 is 0 Å². The molecule has 0 aliphatic heterocycles. The molecule has 0 spiro atoms. The van der Waals surface area contributed by atoms with Gasteiger partial charge < -0.3 is 15.8 Å². The van der Waals surface area contributed by atoms with Crippen LogP contribution in [0.1, 0.15) is 11.3 Å². The molecule has 3 N–H and O–H groups in total. The van der Waals surface area contributed by atoms with E-state index in [0.717, 1.165) is 23.2 Å². The zero-order valence-electron chi connectivity index (χ0n) is 16.8. The molecule has 0 unspecified atom stereocenters. The van der Waals surface area contributed by atoms with E-state index in [4.69, 9.17) is 10.5 Å². The van der Waals surface area contributed by atoms with Gasteiger partial charge in [-0.1, -0.05) is 6.07 Å². The second-order valence-corrected chi connectivity index (χ2v) is 8.71. The number of rotatable bonds is 7. The van der Waals surface area contributed by atoms with Gasteiger partial charge in [0.1, 0.15) is 5.82 Å². The molecule has 10 heteroatoms. The summed E-state index contributed by atoms with van der Waals surface area (Å²) in [5.41, 5.74) is 10.2. The Morgan fingerprint density at radius 3 is 2.69 bits per heavy atom. The smallest absolute Gasteiger partial charge is 0.229 e. The number of nitrogens with zero attached hydrogens (tertiary/aromatic N) is 4. The number of nitrogens with one attached hydrogen (secondary N) is 1. The molecule has 9 nitrogen and oxygen atoms in total. The Kier molecular flexibility index (Phi) is 5.85. The molecule has 0 fully saturated rings. The van der Waals surface area contributed by atoms with Crippen LogP contribution in [0.5, 0.6) is 0 Å². The van der Waals surface area contributed by atoms with E-state index in [1.54, 1.807) is 25.4 Å². The first-order valence-corrected chi connectivity index (χ1v) is 10.8. The molecule has 0 atom stereocenters. The number of anilines is 3. The number of ether oxygens (including phenoxy) is 1. The maximum Gasteiger partial charge on any atom is 0.229 e. The summed E-state index contributed by atoms with van der Waals surface area (Å²) in [6.07, 6.45) is 2.80. The molecule has 0 radical (unpaired) electrons. The lowest BCUT2D eigenvalue weighted by Gasteiger charge is -2.12. The number of sulfone groups is 1. The molecule has 2 aromatic heterocycles. The average molecular weight is 417 g/mol. The Morgan fingerprint density at radius 1 is 1.28 bits per heavy atom. The molecule has 0 aliphatic carbocycles. The summed E-state index contributed by atoms with van der Waals surface area (Å²) in [5.74, 6) is 0.567. The molecule has 0 aliphatic rings. The molecule has 3 rings (SSSR count). The van der Waals surface area contributed by atoms with Crippen LogP contribution >= 0.6 is 0 Å². The fourth-order valence-corrected chi connectivity index (χ4v) is 3.59. The van der Waals surface area contributed by atoms with Gasteiger partial charge in [-0.3, -0.25) is 4.68 Å². The lowest BCUT2D eigenvalue weighted by atomic mass is 10.1. The largest absolute Gasteiger partial charge is 0.383 e. The summed E-state index contributed by atoms with van der Waals surface area (Å²) in [6, 6.07) is 6.44. The van der Waals surface area contributed by atoms with E-state index in [1.165, 1.54) is 12.1 Å². The third-order valence-electron chi connectivity index (χ3n) is 4.53. The molecular weight excluding hydrogens is 392 g/mol. The van der Waals surface area contributed by atoms with E-state index in [2.05, 4.69) is 20.4 Å². The SMILES string of the molecule is COCCn1nc(C)c(C)c1-c1cnc(Nc2cccc(S(C)(=O)=O)c2)nc1N. The monoisotopic (exact) mass is 416 g/mol. The Morgan fingerprint density at radius 2 is 2.03 bits per heavy atom. The number of hydrogen-bond donors (Lipinski definition) is 2. The van der Waals surface area contributed by atoms with Crippen LogP contribution < -0.4 is 11.1 Å². The van der Waals surface area contributed by atoms with Crippen LogP contribution in [0.4, 0.5) is 17.5 Å². The molecule has 3 aromatic rings. The van der Waals surface area contributed by atoms with Gasteiger partial charge >= 0.3 is 0 Å². The highest BCUT2D eigenvalue weighted by molar-refractivity contribution is 7.90. The Labute approximate surface area is 169 Å². The summed E-state index contributed by atoms with van der Waals surface area (Å²) in [5, 5.41) is 7.54. The van der Waals surface area contributed by atoms with Crippen molar-refractivity contribution in [1.82, 2.24) is 19.7 Å². The van der Waals surface area contributed by atoms with Gasteiger partial charge in [0.25, 0.3) is 0 Å². The normalized spacial score (nSPS) is 11.6. The van der Waals surface area contributed by atoms with Gasteiger partial charge in [0.2, 0.25) is 5.95 Å². The molecular formula is C19H24N6O3S. The van der Waals surface area contributed by atoms with Gasteiger partial charge in [0.05, 0.1) is 35.0 Å². The lowest BCUT2D eigenvalue weighted by Crippen LogP contribution is -2.10. The van der Waals surface area contributed by atoms with E-state index in [-0.39, 0.29) is 10.8 Å². The van der Waals surface area contributed by atoms with Gasteiger partial charge in [-0.25, -0.2) is 13.4 Å². The standard InChI is InChI=1S/C19H24N6O3S/c1-12-13(2)24-25(8-9-28-3)17(12)16-11-21-19(23-18(16)20)22-14-6-5-7-15(10-14)29(4,26)27/h5-7,10-11H,8-9H2,1-4H3,(H3,20,21,22,23). The number of nitrogens with two attached hydrogens (primary N) is 1. The van der Waals surface area contributed by atoms with Crippen molar-refractivity contribution in [2.75, 3.05) is 31.0 Å². The third kappa shape index (κ3) is 4.54. The quantitative estimate of drug-likeness (QED) is 0.601. The number of aryl methyl sites for hydroxylation is 1. The summed E-state index contributed by atoms with van der Waals surface area (Å²) >= 11 is 0. The number of hydrogen-bond acceptors (Lipinski definition) is 8. The Bertz CT molecular complexity index is 1140. The predicted molar refractivity (Wildman–Crippen MR) is 112 cm³/mol. The van der Waals surface area contributed by atoms with Crippen molar-refractivity contribution < 1.29 is 13.2 Å². The van der Waals surface area contributed by atoms with Gasteiger partial charge in [-0.05, 0) is 37.6 Å². The number of nitrogen functional groups attached to an aromatic ring is 1. The Hall–Kier alpha value is -2.98. The van der Waals surface area contributed by atoms with Crippen molar-refractivity contribution in [1.29, 1.82) is 0 Å². The topological polar surface area (TPSA) is 125 Å². The maximum atomic E-state index is 11.7. The second-order valence-electron chi connectivity index (χ2n) is 6.69. The van der Waals surface area contributed by atoms with Crippen LogP contribution in [-0.4, -0.2) is 48.1 Å². The van der Waals surface area contributed by atoms with Gasteiger partial charge in [-0.15, -0.1) is 0 Å². The Balaban J connectivity index is 1.93. The first-order chi connectivity index (χ1) is 13.7. The molecule has 1 aromatic carbocycles. The van der Waals surface area contributed by atoms with Gasteiger partial charge in [-0.2, -0.15) is 10.1 Å². The summed E-state index contributed by atoms with van der Waals surface area (Å²) in [7, 11) is -1.67. The fraction of sp³-hybridized carbons (Fsp3) is 0.316. The lowest BCUT2D eigenvalue weighted by molar-refractivity contribution is 0.184. The molecule has 0 bridgehead atoms. The summed E-state index contributed by atoms with van der Waals surface area (Å²) in [4.78, 5) is 8.90. The predicted octanol–water partition coefficient (Wildman–Crippen LogP) is 2.33. The highest BCUT2D eigenvalue weighted by atomic mass is 32.2. The van der Waals surface area contributed by atoms with Crippen molar-refractivity contribution in [3.05, 3.63) is 41.7 Å². The molecule has 154 valence electrons. The van der Waals surface area contributed by atoms with Crippen molar-refractivity contribution in [3.63, 3.8) is 0 Å². The third-order valence-corrected chi connectivity index (χ3v) is 5.64. The number of aromatic nitrogens is 4. The molecule has 29 heavy (non-hydrogen) atoms. The van der Waals surface area contributed by atoms with Crippen LogP contribution in [0, 0.1) is 13.8 Å². The van der Waals surface area contributed by atoms with Gasteiger partial charge in [0.15, 0.2) is 9.84 Å². The fourth-order valence-electron chi connectivity index (χ4n) is 2.92. The zero-order valence-corrected chi connectivity index (χ0v) is 17.6. The maximum absolute atomic E-state index is 11.7. The zero-order chi connectivity index (χ0) is 21.2. The van der Waals surface area contributed by atoms with Gasteiger partial charge in [0, 0.05) is 25.2 Å². The van der Waals surface area contributed by atoms with Crippen molar-refractivity contribution in [3.8, 4) is 11.3 Å². The summed E-state index contributed by atoms with van der Waals surface area (Å²) in [6.45, 7) is 5.01. The minimum atomic E-state index is -3.31. The molecule has 0 saturated carbocycles. The first kappa shape index (κ1) is 20.7. The van der Waals surface area contributed by atoms with E-state index < -0.39 is 9.84 Å². The van der Waals surface area contributed by atoms with Crippen molar-refractivity contribution >= 4 is 27.3 Å². The van der Waals surface area contributed by atoms with Crippen molar-refractivity contribution in [2.24, 2.45) is 0 Å². The first-order valence-electron chi connectivity index (χ1n) is 8.93. The van der Waals surface area contributed by atoms with E-state index in [0.29, 0.717) is 30.2 Å². The van der Waals surface area contributed by atoms with Crippen LogP contribution in [0.25, 0.3) is 11.3 Å². The number of methoxy groups -OCH3 is 1. The van der Waals surface area contributed by atoms with Crippen molar-refractivity contribution in [2.45, 2.75) is 25.3 Å². The van der Waals surface area contributed by atoms with E-state index in [9.17, 15) is 8.42 Å². The number of benzene rings is 1. The van der Waals surface area contributed by atoms with Crippen LogP contribution in [0.2, 0.25) is 0 Å². The minimum absolute atomic E-state index is 0.209. The highest BCUT2D eigenvalue weighted by Gasteiger charge is 2.18. The minimum Gasteiger partial charge on any atom is -0.383 e. The summed E-state index contributed by atoms with van der Waals surface area (Å²) < 4.78 is 30.5. The second kappa shape index (κ2) is 8.18. The highest BCUT2D eigenvalue weighted by Crippen LogP contribution is 2.30.